The van der Waals surface area contributed by atoms with Crippen molar-refractivity contribution in [1.29, 1.82) is 0 Å². The van der Waals surface area contributed by atoms with E-state index < -0.39 is 10.0 Å². The fourth-order valence-corrected chi connectivity index (χ4v) is 4.37. The highest BCUT2D eigenvalue weighted by Gasteiger charge is 2.25. The van der Waals surface area contributed by atoms with E-state index in [1.807, 2.05) is 31.2 Å². The van der Waals surface area contributed by atoms with Gasteiger partial charge in [0.25, 0.3) is 0 Å². The molecule has 2 heterocycles. The van der Waals surface area contributed by atoms with Gasteiger partial charge in [0.05, 0.1) is 23.7 Å². The van der Waals surface area contributed by atoms with Crippen LogP contribution in [-0.4, -0.2) is 44.6 Å². The van der Waals surface area contributed by atoms with Gasteiger partial charge >= 0.3 is 0 Å². The van der Waals surface area contributed by atoms with E-state index in [2.05, 4.69) is 4.98 Å². The highest BCUT2D eigenvalue weighted by Crippen LogP contribution is 2.33. The second-order valence-corrected chi connectivity index (χ2v) is 9.09. The number of fused-ring (bicyclic) bond motifs is 1. The Morgan fingerprint density at radius 1 is 1.06 bits per heavy atom. The molecule has 8 nitrogen and oxygen atoms in total. The lowest BCUT2D eigenvalue weighted by Crippen LogP contribution is -2.27. The zero-order chi connectivity index (χ0) is 22.0. The zero-order valence-corrected chi connectivity index (χ0v) is 18.4. The first-order valence-electron chi connectivity index (χ1n) is 9.94. The molecule has 3 aromatic rings. The molecule has 0 unspecified atom stereocenters. The number of nitrogens with zero attached hydrogens (tertiary/aromatic N) is 2. The first-order valence-corrected chi connectivity index (χ1v) is 11.4. The molecule has 0 atom stereocenters. The summed E-state index contributed by atoms with van der Waals surface area (Å²) >= 11 is 0. The Balaban J connectivity index is 1.53. The van der Waals surface area contributed by atoms with Gasteiger partial charge < -0.3 is 18.6 Å². The van der Waals surface area contributed by atoms with Crippen LogP contribution in [0.25, 0.3) is 11.5 Å². The first kappa shape index (κ1) is 21.2. The molecule has 0 saturated heterocycles. The number of hydrogen-bond donors (Lipinski definition) is 0. The topological polar surface area (TPSA) is 91.1 Å². The van der Waals surface area contributed by atoms with Crippen LogP contribution in [0.5, 0.6) is 17.2 Å². The molecular weight excluding hydrogens is 420 g/mol. The van der Waals surface area contributed by atoms with Crippen molar-refractivity contribution in [3.63, 3.8) is 0 Å². The van der Waals surface area contributed by atoms with Crippen molar-refractivity contribution in [2.24, 2.45) is 0 Å². The summed E-state index contributed by atoms with van der Waals surface area (Å²) in [5.41, 5.74) is 1.34. The van der Waals surface area contributed by atoms with Crippen molar-refractivity contribution in [2.45, 2.75) is 25.3 Å². The van der Waals surface area contributed by atoms with Gasteiger partial charge in [0, 0.05) is 18.7 Å². The maximum absolute atomic E-state index is 13.1. The monoisotopic (exact) mass is 444 g/mol. The molecule has 0 amide bonds. The van der Waals surface area contributed by atoms with Crippen LogP contribution in [0, 0.1) is 6.92 Å². The largest absolute Gasteiger partial charge is 0.494 e. The molecule has 0 bridgehead atoms. The standard InChI is InChI=1S/C22H24N2O6S/c1-4-27-17-7-5-16(6-8-17)22-23-19(15(2)30-22)14-24(3)31(25,26)18-9-10-20-21(13-18)29-12-11-28-20/h5-10,13H,4,11-12,14H2,1-3H3. The van der Waals surface area contributed by atoms with Crippen molar-refractivity contribution in [1.82, 2.24) is 9.29 Å². The van der Waals surface area contributed by atoms with Crippen LogP contribution in [0.2, 0.25) is 0 Å². The van der Waals surface area contributed by atoms with E-state index in [9.17, 15) is 8.42 Å². The summed E-state index contributed by atoms with van der Waals surface area (Å²) in [5.74, 6) is 2.73. The fourth-order valence-electron chi connectivity index (χ4n) is 3.22. The van der Waals surface area contributed by atoms with Gasteiger partial charge in [-0.25, -0.2) is 13.4 Å². The second kappa shape index (κ2) is 8.60. The highest BCUT2D eigenvalue weighted by atomic mass is 32.2. The van der Waals surface area contributed by atoms with Crippen LogP contribution in [0.15, 0.2) is 51.8 Å². The van der Waals surface area contributed by atoms with Crippen LogP contribution in [0.1, 0.15) is 18.4 Å². The fraction of sp³-hybridized carbons (Fsp3) is 0.318. The number of sulfonamides is 1. The Morgan fingerprint density at radius 2 is 1.77 bits per heavy atom. The molecule has 0 N–H and O–H groups in total. The van der Waals surface area contributed by atoms with Crippen LogP contribution >= 0.6 is 0 Å². The van der Waals surface area contributed by atoms with Crippen molar-refractivity contribution < 1.29 is 27.0 Å². The van der Waals surface area contributed by atoms with Crippen molar-refractivity contribution in [2.75, 3.05) is 26.9 Å². The molecule has 0 aliphatic carbocycles. The molecule has 2 aromatic carbocycles. The third kappa shape index (κ3) is 4.38. The third-order valence-corrected chi connectivity index (χ3v) is 6.70. The molecule has 1 aliphatic heterocycles. The average Bonchev–Trinajstić information content (AvgIpc) is 3.14. The maximum atomic E-state index is 13.1. The van der Waals surface area contributed by atoms with Crippen LogP contribution in [0.3, 0.4) is 0 Å². The Bertz CT molecular complexity index is 1170. The van der Waals surface area contributed by atoms with Gasteiger partial charge in [-0.2, -0.15) is 4.31 Å². The smallest absolute Gasteiger partial charge is 0.243 e. The molecule has 0 spiro atoms. The van der Waals surface area contributed by atoms with Crippen molar-refractivity contribution in [3.05, 3.63) is 53.9 Å². The molecule has 164 valence electrons. The molecule has 31 heavy (non-hydrogen) atoms. The van der Waals surface area contributed by atoms with Crippen molar-refractivity contribution >= 4 is 10.0 Å². The number of aryl methyl sites for hydroxylation is 1. The SMILES string of the molecule is CCOc1ccc(-c2nc(CN(C)S(=O)(=O)c3ccc4c(c3)OCCO4)c(C)o2)cc1. The molecule has 9 heteroatoms. The minimum absolute atomic E-state index is 0.0726. The van der Waals surface area contributed by atoms with Gasteiger partial charge in [0.2, 0.25) is 15.9 Å². The van der Waals surface area contributed by atoms with Gasteiger partial charge in [0.1, 0.15) is 24.7 Å². The maximum Gasteiger partial charge on any atom is 0.243 e. The lowest BCUT2D eigenvalue weighted by atomic mass is 10.2. The Kier molecular flexibility index (Phi) is 5.88. The molecule has 4 rings (SSSR count). The third-order valence-electron chi connectivity index (χ3n) is 4.90. The van der Waals surface area contributed by atoms with Crippen molar-refractivity contribution in [3.8, 4) is 28.7 Å². The van der Waals surface area contributed by atoms with Gasteiger partial charge in [-0.15, -0.1) is 0 Å². The van der Waals surface area contributed by atoms with E-state index in [0.29, 0.717) is 48.7 Å². The predicted octanol–water partition coefficient (Wildman–Crippen LogP) is 3.64. The van der Waals surface area contributed by atoms with Gasteiger partial charge in [-0.3, -0.25) is 0 Å². The first-order chi connectivity index (χ1) is 14.9. The molecule has 0 radical (unpaired) electrons. The van der Waals surface area contributed by atoms with E-state index in [-0.39, 0.29) is 11.4 Å². The van der Waals surface area contributed by atoms with E-state index in [1.54, 1.807) is 13.0 Å². The summed E-state index contributed by atoms with van der Waals surface area (Å²) < 4.78 is 49.6. The lowest BCUT2D eigenvalue weighted by molar-refractivity contribution is 0.171. The quantitative estimate of drug-likeness (QED) is 0.549. The van der Waals surface area contributed by atoms with E-state index >= 15 is 0 Å². The Morgan fingerprint density at radius 3 is 2.48 bits per heavy atom. The minimum Gasteiger partial charge on any atom is -0.494 e. The normalized spacial score (nSPS) is 13.4. The zero-order valence-electron chi connectivity index (χ0n) is 17.6. The summed E-state index contributed by atoms with van der Waals surface area (Å²) in [6.07, 6.45) is 0. The predicted molar refractivity (Wildman–Crippen MR) is 114 cm³/mol. The minimum atomic E-state index is -3.76. The summed E-state index contributed by atoms with van der Waals surface area (Å²) in [7, 11) is -2.24. The molecule has 1 aromatic heterocycles. The van der Waals surface area contributed by atoms with Crippen LogP contribution in [-0.2, 0) is 16.6 Å². The molecule has 0 fully saturated rings. The van der Waals surface area contributed by atoms with Crippen LogP contribution < -0.4 is 14.2 Å². The number of hydrogen-bond acceptors (Lipinski definition) is 7. The summed E-state index contributed by atoms with van der Waals surface area (Å²) in [6, 6.07) is 12.0. The average molecular weight is 445 g/mol. The summed E-state index contributed by atoms with van der Waals surface area (Å²) in [5, 5.41) is 0. The van der Waals surface area contributed by atoms with Gasteiger partial charge in [-0.05, 0) is 50.2 Å². The number of ether oxygens (including phenoxy) is 3. The summed E-state index contributed by atoms with van der Waals surface area (Å²) in [6.45, 7) is 5.19. The lowest BCUT2D eigenvalue weighted by Gasteiger charge is -2.21. The Hall–Kier alpha value is -3.04. The van der Waals surface area contributed by atoms with E-state index in [1.165, 1.54) is 23.5 Å². The summed E-state index contributed by atoms with van der Waals surface area (Å²) in [4.78, 5) is 4.65. The van der Waals surface area contributed by atoms with E-state index in [0.717, 1.165) is 11.3 Å². The second-order valence-electron chi connectivity index (χ2n) is 7.05. The highest BCUT2D eigenvalue weighted by molar-refractivity contribution is 7.89. The number of rotatable bonds is 7. The number of oxazole rings is 1. The number of aromatic nitrogens is 1. The molecule has 1 aliphatic rings. The number of benzene rings is 2. The molecule has 0 saturated carbocycles. The van der Waals surface area contributed by atoms with Crippen LogP contribution in [0.4, 0.5) is 0 Å². The van der Waals surface area contributed by atoms with E-state index in [4.69, 9.17) is 18.6 Å². The van der Waals surface area contributed by atoms with Gasteiger partial charge in [0.15, 0.2) is 11.5 Å². The van der Waals surface area contributed by atoms with Gasteiger partial charge in [-0.1, -0.05) is 0 Å². The molecular formula is C22H24N2O6S. The Labute approximate surface area is 181 Å².